The van der Waals surface area contributed by atoms with Crippen molar-refractivity contribution in [1.29, 1.82) is 0 Å². The highest BCUT2D eigenvalue weighted by Gasteiger charge is 2.28. The maximum absolute atomic E-state index is 12.5. The Balaban J connectivity index is 2.04. The molecule has 2 amide bonds. The summed E-state index contributed by atoms with van der Waals surface area (Å²) >= 11 is 7.25. The van der Waals surface area contributed by atoms with Gasteiger partial charge >= 0.3 is 0 Å². The highest BCUT2D eigenvalue weighted by molar-refractivity contribution is 7.12. The molecule has 2 heterocycles. The van der Waals surface area contributed by atoms with Gasteiger partial charge in [-0.2, -0.15) is 0 Å². The fraction of sp³-hybridized carbons (Fsp3) is 0.0769. The van der Waals surface area contributed by atoms with E-state index in [4.69, 9.17) is 11.6 Å². The van der Waals surface area contributed by atoms with Crippen LogP contribution >= 0.6 is 22.9 Å². The lowest BCUT2D eigenvalue weighted by molar-refractivity contribution is -0.115. The zero-order valence-corrected chi connectivity index (χ0v) is 11.3. The van der Waals surface area contributed by atoms with E-state index in [-0.39, 0.29) is 18.4 Å². The van der Waals surface area contributed by atoms with Crippen LogP contribution in [0.3, 0.4) is 0 Å². The fourth-order valence-corrected chi connectivity index (χ4v) is 3.07. The number of thiophene rings is 1. The van der Waals surface area contributed by atoms with E-state index in [1.54, 1.807) is 23.6 Å². The number of nitrogens with one attached hydrogen (secondary N) is 1. The number of para-hydroxylation sites is 2. The van der Waals surface area contributed by atoms with Crippen LogP contribution in [-0.4, -0.2) is 18.4 Å². The predicted molar refractivity (Wildman–Crippen MR) is 76.1 cm³/mol. The molecule has 0 aliphatic carbocycles. The minimum atomic E-state index is -0.248. The molecule has 1 aromatic carbocycles. The van der Waals surface area contributed by atoms with E-state index in [2.05, 4.69) is 5.32 Å². The Hall–Kier alpha value is -1.85. The Labute approximate surface area is 118 Å². The summed E-state index contributed by atoms with van der Waals surface area (Å²) < 4.78 is 0. The summed E-state index contributed by atoms with van der Waals surface area (Å²) in [7, 11) is 0. The number of hydrogen-bond acceptors (Lipinski definition) is 3. The Morgan fingerprint density at radius 2 is 2.11 bits per heavy atom. The molecule has 0 atom stereocenters. The van der Waals surface area contributed by atoms with Crippen molar-refractivity contribution in [2.45, 2.75) is 0 Å². The van der Waals surface area contributed by atoms with Crippen LogP contribution in [0.2, 0.25) is 5.02 Å². The molecule has 2 aromatic rings. The van der Waals surface area contributed by atoms with Gasteiger partial charge in [0.25, 0.3) is 5.91 Å². The SMILES string of the molecule is O=C1CN(C(=O)c2sccc2Cl)c2ccccc2N1. The normalized spacial score (nSPS) is 13.9. The maximum atomic E-state index is 12.5. The average Bonchev–Trinajstić information content (AvgIpc) is 2.83. The van der Waals surface area contributed by atoms with Crippen molar-refractivity contribution in [3.8, 4) is 0 Å². The van der Waals surface area contributed by atoms with E-state index in [0.717, 1.165) is 0 Å². The molecule has 1 N–H and O–H groups in total. The summed E-state index contributed by atoms with van der Waals surface area (Å²) in [5.74, 6) is -0.456. The van der Waals surface area contributed by atoms with Crippen molar-refractivity contribution in [2.75, 3.05) is 16.8 Å². The number of hydrogen-bond donors (Lipinski definition) is 1. The van der Waals surface area contributed by atoms with Crippen molar-refractivity contribution in [1.82, 2.24) is 0 Å². The van der Waals surface area contributed by atoms with Gasteiger partial charge in [-0.3, -0.25) is 14.5 Å². The summed E-state index contributed by atoms with van der Waals surface area (Å²) in [5, 5.41) is 4.91. The first-order chi connectivity index (χ1) is 9.16. The second-order valence-electron chi connectivity index (χ2n) is 4.05. The maximum Gasteiger partial charge on any atom is 0.270 e. The molecule has 0 bridgehead atoms. The van der Waals surface area contributed by atoms with Crippen molar-refractivity contribution in [3.63, 3.8) is 0 Å². The molecule has 1 aliphatic rings. The Morgan fingerprint density at radius 1 is 1.32 bits per heavy atom. The summed E-state index contributed by atoms with van der Waals surface area (Å²) in [6, 6.07) is 8.88. The van der Waals surface area contributed by atoms with Crippen LogP contribution < -0.4 is 10.2 Å². The van der Waals surface area contributed by atoms with Crippen LogP contribution in [0.4, 0.5) is 11.4 Å². The molecule has 4 nitrogen and oxygen atoms in total. The summed E-state index contributed by atoms with van der Waals surface area (Å²) in [6.45, 7) is 0.00404. The average molecular weight is 293 g/mol. The Morgan fingerprint density at radius 3 is 2.84 bits per heavy atom. The molecule has 1 aromatic heterocycles. The fourth-order valence-electron chi connectivity index (χ4n) is 1.98. The smallest absolute Gasteiger partial charge is 0.270 e. The third-order valence-corrected chi connectivity index (χ3v) is 4.16. The number of amides is 2. The molecule has 0 radical (unpaired) electrons. The van der Waals surface area contributed by atoms with Crippen LogP contribution in [0.1, 0.15) is 9.67 Å². The topological polar surface area (TPSA) is 49.4 Å². The van der Waals surface area contributed by atoms with Gasteiger partial charge in [-0.05, 0) is 23.6 Å². The second-order valence-corrected chi connectivity index (χ2v) is 5.38. The molecule has 6 heteroatoms. The van der Waals surface area contributed by atoms with Gasteiger partial charge in [0, 0.05) is 0 Å². The highest BCUT2D eigenvalue weighted by Crippen LogP contribution is 2.32. The minimum Gasteiger partial charge on any atom is -0.323 e. The number of fused-ring (bicyclic) bond motifs is 1. The number of benzene rings is 1. The number of nitrogens with zero attached hydrogens (tertiary/aromatic N) is 1. The van der Waals surface area contributed by atoms with Gasteiger partial charge in [0.05, 0.1) is 16.4 Å². The summed E-state index contributed by atoms with van der Waals surface area (Å²) in [4.78, 5) is 26.0. The van der Waals surface area contributed by atoms with E-state index < -0.39 is 0 Å². The Bertz CT molecular complexity index is 668. The van der Waals surface area contributed by atoms with Crippen molar-refractivity contribution >= 4 is 46.1 Å². The molecule has 3 rings (SSSR count). The molecule has 0 unspecified atom stereocenters. The largest absolute Gasteiger partial charge is 0.323 e. The molecular formula is C13H9ClN2O2S. The van der Waals surface area contributed by atoms with E-state index >= 15 is 0 Å². The molecule has 0 saturated heterocycles. The predicted octanol–water partition coefficient (Wildman–Crippen LogP) is 3.00. The van der Waals surface area contributed by atoms with Gasteiger partial charge in [-0.25, -0.2) is 0 Å². The molecule has 0 fully saturated rings. The zero-order chi connectivity index (χ0) is 13.4. The van der Waals surface area contributed by atoms with Crippen molar-refractivity contribution in [2.24, 2.45) is 0 Å². The standard InChI is InChI=1S/C13H9ClN2O2S/c14-8-5-6-19-12(8)13(18)16-7-11(17)15-9-3-1-2-4-10(9)16/h1-6H,7H2,(H,15,17). The second kappa shape index (κ2) is 4.68. The lowest BCUT2D eigenvalue weighted by Gasteiger charge is -2.28. The van der Waals surface area contributed by atoms with E-state index in [1.165, 1.54) is 16.2 Å². The van der Waals surface area contributed by atoms with Crippen LogP contribution in [0.15, 0.2) is 35.7 Å². The van der Waals surface area contributed by atoms with Gasteiger partial charge in [0.2, 0.25) is 5.91 Å². The minimum absolute atomic E-state index is 0.00404. The zero-order valence-electron chi connectivity index (χ0n) is 9.72. The molecule has 19 heavy (non-hydrogen) atoms. The molecule has 0 spiro atoms. The van der Waals surface area contributed by atoms with Gasteiger partial charge in [0.1, 0.15) is 11.4 Å². The van der Waals surface area contributed by atoms with Crippen LogP contribution in [0.25, 0.3) is 0 Å². The first kappa shape index (κ1) is 12.2. The van der Waals surface area contributed by atoms with Crippen molar-refractivity contribution < 1.29 is 9.59 Å². The Kier molecular flexibility index (Phi) is 3.00. The number of halogens is 1. The lowest BCUT2D eigenvalue weighted by Crippen LogP contribution is -2.41. The van der Waals surface area contributed by atoms with Gasteiger partial charge in [-0.15, -0.1) is 11.3 Å². The summed E-state index contributed by atoms with van der Waals surface area (Å²) in [5.41, 5.74) is 1.33. The van der Waals surface area contributed by atoms with Crippen LogP contribution in [-0.2, 0) is 4.79 Å². The number of carbonyl (C=O) groups excluding carboxylic acids is 2. The first-order valence-electron chi connectivity index (χ1n) is 5.60. The van der Waals surface area contributed by atoms with E-state index in [1.807, 2.05) is 12.1 Å². The number of anilines is 2. The molecule has 1 aliphatic heterocycles. The molecular weight excluding hydrogens is 284 g/mol. The number of rotatable bonds is 1. The van der Waals surface area contributed by atoms with E-state index in [9.17, 15) is 9.59 Å². The van der Waals surface area contributed by atoms with Crippen molar-refractivity contribution in [3.05, 3.63) is 45.6 Å². The first-order valence-corrected chi connectivity index (χ1v) is 6.86. The van der Waals surface area contributed by atoms with Crippen LogP contribution in [0, 0.1) is 0 Å². The lowest BCUT2D eigenvalue weighted by atomic mass is 10.2. The highest BCUT2D eigenvalue weighted by atomic mass is 35.5. The van der Waals surface area contributed by atoms with Gasteiger partial charge < -0.3 is 5.32 Å². The third-order valence-electron chi connectivity index (χ3n) is 2.83. The quantitative estimate of drug-likeness (QED) is 0.878. The molecule has 0 saturated carbocycles. The van der Waals surface area contributed by atoms with Gasteiger partial charge in [-0.1, -0.05) is 23.7 Å². The number of carbonyl (C=O) groups is 2. The third kappa shape index (κ3) is 2.11. The summed E-state index contributed by atoms with van der Waals surface area (Å²) in [6.07, 6.45) is 0. The van der Waals surface area contributed by atoms with Gasteiger partial charge in [0.15, 0.2) is 0 Å². The monoisotopic (exact) mass is 292 g/mol. The van der Waals surface area contributed by atoms with E-state index in [0.29, 0.717) is 21.3 Å². The van der Waals surface area contributed by atoms with Crippen LogP contribution in [0.5, 0.6) is 0 Å². The molecule has 96 valence electrons.